The van der Waals surface area contributed by atoms with Gasteiger partial charge in [-0.15, -0.1) is 0 Å². The number of primary amides is 1. The number of Topliss-reactive ketones (excluding diaryl/α,β-unsaturated/α-hetero) is 2. The molecule has 0 saturated carbocycles. The number of ether oxygens (including phenoxy) is 5. The van der Waals surface area contributed by atoms with Gasteiger partial charge < -0.3 is 117 Å². The maximum absolute atomic E-state index is 15.6. The quantitative estimate of drug-likeness (QED) is 0.0268. The van der Waals surface area contributed by atoms with Crippen LogP contribution < -0.4 is 53.0 Å². The first kappa shape index (κ1) is 82.8. The Balaban J connectivity index is 1.07. The zero-order valence-corrected chi connectivity index (χ0v) is 59.8. The lowest BCUT2D eigenvalue weighted by atomic mass is 9.79. The predicted molar refractivity (Wildman–Crippen MR) is 367 cm³/mol. The van der Waals surface area contributed by atoms with Gasteiger partial charge in [-0.25, -0.2) is 15.5 Å². The largest absolute Gasteiger partial charge is 0.479 e. The first-order chi connectivity index (χ1) is 50.4. The van der Waals surface area contributed by atoms with Gasteiger partial charge >= 0.3 is 12.1 Å². The number of benzene rings is 2. The van der Waals surface area contributed by atoms with Gasteiger partial charge in [0.05, 0.1) is 103 Å². The number of amides is 9. The highest BCUT2D eigenvalue weighted by Crippen LogP contribution is 2.38. The number of aliphatic carboxylic acids is 1. The van der Waals surface area contributed by atoms with E-state index < -0.39 is 249 Å². The van der Waals surface area contributed by atoms with Gasteiger partial charge in [-0.2, -0.15) is 0 Å². The molecule has 0 spiro atoms. The van der Waals surface area contributed by atoms with Gasteiger partial charge in [-0.05, 0) is 67.0 Å². The minimum absolute atomic E-state index is 0.0160. The first-order valence-corrected chi connectivity index (χ1v) is 36.3. The number of hydrogen-bond donors (Lipinski definition) is 16. The van der Waals surface area contributed by atoms with Crippen molar-refractivity contribution in [2.45, 2.75) is 176 Å². The molecule has 106 heavy (non-hydrogen) atoms. The predicted octanol–water partition coefficient (Wildman–Crippen LogP) is -4.19. The molecular weight excluding hydrogens is 1420 g/mol. The monoisotopic (exact) mass is 1510 g/mol. The molecule has 37 nitrogen and oxygen atoms in total. The number of carboxylic acid groups (broad SMARTS) is 1. The van der Waals surface area contributed by atoms with Crippen LogP contribution in [0.4, 0.5) is 4.79 Å². The number of fused-ring (bicyclic) bond motifs is 9. The number of aromatic amines is 1. The number of nitrogens with one attached hydrogen (secondary N) is 7. The Bertz CT molecular complexity index is 3750. The van der Waals surface area contributed by atoms with Gasteiger partial charge in [0.1, 0.15) is 47.5 Å². The van der Waals surface area contributed by atoms with Crippen molar-refractivity contribution in [2.24, 2.45) is 35.3 Å². The van der Waals surface area contributed by atoms with Gasteiger partial charge in [-0.3, -0.25) is 52.2 Å². The number of nitrogens with zero attached hydrogens (tertiary/aromatic N) is 2. The zero-order valence-electron chi connectivity index (χ0n) is 59.0. The van der Waals surface area contributed by atoms with Crippen molar-refractivity contribution in [1.82, 2.24) is 46.7 Å². The van der Waals surface area contributed by atoms with Gasteiger partial charge in [0.25, 0.3) is 11.8 Å². The van der Waals surface area contributed by atoms with Crippen LogP contribution >= 0.6 is 0 Å². The molecule has 2 aromatic carbocycles. The summed E-state index contributed by atoms with van der Waals surface area (Å²) in [6, 6.07) is 2.14. The Morgan fingerprint density at radius 1 is 0.858 bits per heavy atom. The Morgan fingerprint density at radius 3 is 2.29 bits per heavy atom. The minimum atomic E-state index is -2.39. The lowest BCUT2D eigenvalue weighted by Crippen LogP contribution is -2.67. The number of nitrogens with two attached hydrogens (primary N) is 2. The summed E-state index contributed by atoms with van der Waals surface area (Å²) in [5, 5.41) is 89.1. The molecule has 7 heterocycles. The fraction of sp³-hybridized carbons (Fsp3) is 0.618. The van der Waals surface area contributed by atoms with E-state index in [1.54, 1.807) is 19.9 Å². The SMILES string of the molecule is CC[C@H](C)[C@@H]1NC(=O)CNC(=O)[C@H]2CC(=O)[C@H]([C@@H](C)[C@@H](O)CO)NC(=O)[C@@H]3C[C@@H](O)CN3C(=O)[C@H](CC(N)=O)CC(=O)[C@@H]3CS(=O)c4[nH]c5cc(ccc5c4C2)OC1(CCCCCCN(C)C(=O)OCc1ccc(OC2O[C@H](C(=O)O)[C@@H](O)[C@H](O)[C@H]2O)c(C(=O)NCCOCCON)c1)C(=O)NCC(=O)N3. The molecule has 8 bridgehead atoms. The Labute approximate surface area is 610 Å². The number of carbonyl (C=O) groups excluding carboxylic acids is 11. The molecule has 38 heteroatoms. The van der Waals surface area contributed by atoms with Crippen molar-refractivity contribution in [2.75, 3.05) is 72.0 Å². The Hall–Kier alpha value is -8.83. The lowest BCUT2D eigenvalue weighted by molar-refractivity contribution is -0.271. The molecule has 3 unspecified atom stereocenters. The van der Waals surface area contributed by atoms with Crippen LogP contribution in [0.3, 0.4) is 0 Å². The molecule has 1 aromatic heterocycles. The van der Waals surface area contributed by atoms with E-state index in [0.29, 0.717) is 24.6 Å². The van der Waals surface area contributed by atoms with Crippen molar-refractivity contribution in [1.29, 1.82) is 0 Å². The second-order valence-corrected chi connectivity index (χ2v) is 28.7. The number of unbranched alkanes of at least 4 members (excludes halogenated alkanes) is 3. The van der Waals surface area contributed by atoms with E-state index in [0.717, 1.165) is 4.90 Å². The summed E-state index contributed by atoms with van der Waals surface area (Å²) in [6.45, 7) is 1.68. The summed E-state index contributed by atoms with van der Waals surface area (Å²) in [6.07, 6.45) is -15.7. The fourth-order valence-corrected chi connectivity index (χ4v) is 15.0. The highest BCUT2D eigenvalue weighted by atomic mass is 32.2. The third-order valence-electron chi connectivity index (χ3n) is 19.7. The van der Waals surface area contributed by atoms with Crippen LogP contribution in [0, 0.1) is 23.7 Å². The summed E-state index contributed by atoms with van der Waals surface area (Å²) < 4.78 is 44.2. The third kappa shape index (κ3) is 20.4. The third-order valence-corrected chi connectivity index (χ3v) is 21.1. The Morgan fingerprint density at radius 2 is 1.58 bits per heavy atom. The van der Waals surface area contributed by atoms with Crippen molar-refractivity contribution in [3.63, 3.8) is 0 Å². The van der Waals surface area contributed by atoms with Crippen LogP contribution in [0.2, 0.25) is 0 Å². The van der Waals surface area contributed by atoms with Crippen molar-refractivity contribution in [3.8, 4) is 11.5 Å². The van der Waals surface area contributed by atoms with Crippen molar-refractivity contribution in [3.05, 3.63) is 53.1 Å². The molecule has 17 atom stereocenters. The normalized spacial score (nSPS) is 28.0. The molecule has 0 radical (unpaired) electrons. The number of rotatable bonds is 26. The van der Waals surface area contributed by atoms with E-state index in [9.17, 15) is 88.5 Å². The van der Waals surface area contributed by atoms with E-state index >= 15 is 9.00 Å². The maximum Gasteiger partial charge on any atom is 0.409 e. The molecule has 9 rings (SSSR count). The summed E-state index contributed by atoms with van der Waals surface area (Å²) in [5.41, 5.74) is 3.89. The summed E-state index contributed by atoms with van der Waals surface area (Å²) in [5.74, 6) is -12.1. The smallest absolute Gasteiger partial charge is 0.409 e. The molecule has 584 valence electrons. The number of H-pyrrole nitrogens is 1. The fourth-order valence-electron chi connectivity index (χ4n) is 13.6. The van der Waals surface area contributed by atoms with E-state index in [4.69, 9.17) is 35.3 Å². The molecule has 6 aliphatic rings. The molecule has 2 saturated heterocycles. The van der Waals surface area contributed by atoms with Crippen LogP contribution in [0.25, 0.3) is 10.9 Å². The van der Waals surface area contributed by atoms with Crippen LogP contribution in [0.5, 0.6) is 11.5 Å². The van der Waals surface area contributed by atoms with E-state index in [2.05, 4.69) is 41.7 Å². The number of aliphatic hydroxyl groups excluding tert-OH is 6. The van der Waals surface area contributed by atoms with Gasteiger partial charge in [-0.1, -0.05) is 46.1 Å². The molecule has 6 aliphatic heterocycles. The average molecular weight is 1510 g/mol. The topological polar surface area (TPSA) is 565 Å². The highest BCUT2D eigenvalue weighted by molar-refractivity contribution is 7.85. The number of ketones is 2. The van der Waals surface area contributed by atoms with Crippen LogP contribution in [0.1, 0.15) is 106 Å². The average Bonchev–Trinajstić information content (AvgIpc) is 1.11. The molecular formula is C68H95N11O26S. The van der Waals surface area contributed by atoms with E-state index in [1.807, 2.05) is 0 Å². The second-order valence-electron chi connectivity index (χ2n) is 27.3. The maximum atomic E-state index is 15.6. The molecule has 9 amide bonds. The second kappa shape index (κ2) is 37.6. The number of carbonyl (C=O) groups is 12. The minimum Gasteiger partial charge on any atom is -0.479 e. The Kier molecular flexibility index (Phi) is 29.4. The van der Waals surface area contributed by atoms with Crippen LogP contribution in [-0.2, 0) is 90.8 Å². The first-order valence-electron chi connectivity index (χ1n) is 35.0. The summed E-state index contributed by atoms with van der Waals surface area (Å²) >= 11 is 0. The van der Waals surface area contributed by atoms with Crippen molar-refractivity contribution < 1.29 is 126 Å². The number of carboxylic acids is 1. The molecule has 2 fully saturated rings. The molecule has 3 aromatic rings. The highest BCUT2D eigenvalue weighted by Gasteiger charge is 2.53. The lowest BCUT2D eigenvalue weighted by Gasteiger charge is -2.42. The number of hydrogen-bond acceptors (Lipinski definition) is 26. The summed E-state index contributed by atoms with van der Waals surface area (Å²) in [7, 11) is -0.920. The van der Waals surface area contributed by atoms with Crippen LogP contribution in [-0.4, -0.2) is 270 Å². The van der Waals surface area contributed by atoms with Crippen LogP contribution in [0.15, 0.2) is 41.4 Å². The number of aromatic nitrogens is 1. The van der Waals surface area contributed by atoms with E-state index in [-0.39, 0.29) is 90.9 Å². The van der Waals surface area contributed by atoms with Gasteiger partial charge in [0, 0.05) is 75.7 Å². The zero-order chi connectivity index (χ0) is 77.4. The standard InChI is InChI=1S/C68H95N11O26S/c1-5-33(2)58-68(14-8-6-7-9-16-78(4)67(98)101-31-35-10-13-49(42(20-35)60(92)71-15-17-100-18-19-102-70)103-65-56(90)54(88)55(89)57(104-65)64(95)96)66(97)73-28-51(86)74-44-32-106(99)62-41(40-12-11-39(105-68)26-43(40)75-62)21-36(59(91)72-27-52(87)76-58)22-47(83)53(34(3)48(84)30-80)77-61(93)45-25-38(81)29-79(45)63(94)37(23-46(44)82)24-50(69)85/h10-13,20,26,33-34,36-38,44-45,48,53-58,65,75,80-81,84,88-90H,5-9,14-19,21-25,27-32,70H2,1-4H3,(H2,69,85)(H,71,92)(H,72,91)(H,73,97)(H,74,86)(H,76,87)(H,77,93)(H,95,96)/t33-,34-,36+,37-,38+,44-,45-,48-,53-,54-,55-,56+,57-,58-,65?,68?,106?/m0/s1. The van der Waals surface area contributed by atoms with Crippen molar-refractivity contribution >= 4 is 92.6 Å². The summed E-state index contributed by atoms with van der Waals surface area (Å²) in [4.78, 5) is 180. The molecule has 0 aliphatic carbocycles. The molecule has 18 N–H and O–H groups in total. The van der Waals surface area contributed by atoms with Gasteiger partial charge in [0.15, 0.2) is 17.7 Å². The number of aliphatic hydroxyl groups is 6. The van der Waals surface area contributed by atoms with E-state index in [1.165, 1.54) is 49.2 Å². The van der Waals surface area contributed by atoms with Gasteiger partial charge in [0.2, 0.25) is 47.3 Å².